The third kappa shape index (κ3) is 2.62. The van der Waals surface area contributed by atoms with Crippen LogP contribution in [0.4, 0.5) is 0 Å². The number of ether oxygens (including phenoxy) is 1. The molecule has 0 spiro atoms. The van der Waals surface area contributed by atoms with Crippen molar-refractivity contribution in [1.29, 1.82) is 0 Å². The van der Waals surface area contributed by atoms with Gasteiger partial charge in [0.1, 0.15) is 10.7 Å². The number of rotatable bonds is 3. The molecule has 1 heterocycles. The van der Waals surface area contributed by atoms with Crippen molar-refractivity contribution in [3.63, 3.8) is 0 Å². The van der Waals surface area contributed by atoms with Gasteiger partial charge in [-0.15, -0.1) is 0 Å². The van der Waals surface area contributed by atoms with E-state index >= 15 is 0 Å². The van der Waals surface area contributed by atoms with Gasteiger partial charge in [-0.2, -0.15) is 0 Å². The van der Waals surface area contributed by atoms with Gasteiger partial charge in [0.05, 0.1) is 0 Å². The molecule has 5 heteroatoms. The maximum Gasteiger partial charge on any atom is 0.248 e. The normalized spacial score (nSPS) is 10.1. The Morgan fingerprint density at radius 2 is 1.94 bits per heavy atom. The molecule has 0 amide bonds. The second kappa shape index (κ2) is 5.10. The summed E-state index contributed by atoms with van der Waals surface area (Å²) in [5.74, 6) is 1.05. The first-order valence-corrected chi connectivity index (χ1v) is 5.84. The van der Waals surface area contributed by atoms with E-state index in [-0.39, 0.29) is 4.99 Å². The van der Waals surface area contributed by atoms with Crippen molar-refractivity contribution in [2.24, 2.45) is 5.73 Å². The van der Waals surface area contributed by atoms with E-state index < -0.39 is 0 Å². The monoisotopic (exact) mass is 259 g/mol. The van der Waals surface area contributed by atoms with Gasteiger partial charge in [0.2, 0.25) is 5.88 Å². The first-order valence-electron chi connectivity index (χ1n) is 5.44. The summed E-state index contributed by atoms with van der Waals surface area (Å²) < 4.78 is 5.72. The molecule has 2 rings (SSSR count). The molecule has 1 aromatic heterocycles. The third-order valence-electron chi connectivity index (χ3n) is 2.44. The Labute approximate surface area is 111 Å². The second-order valence-electron chi connectivity index (χ2n) is 3.95. The van der Waals surface area contributed by atoms with Gasteiger partial charge in [-0.05, 0) is 25.5 Å². The van der Waals surface area contributed by atoms with Crippen LogP contribution in [0.3, 0.4) is 0 Å². The number of hydrogen-bond acceptors (Lipinski definition) is 4. The highest BCUT2D eigenvalue weighted by molar-refractivity contribution is 7.80. The molecule has 92 valence electrons. The van der Waals surface area contributed by atoms with Crippen LogP contribution >= 0.6 is 12.2 Å². The molecule has 0 radical (unpaired) electrons. The fourth-order valence-electron chi connectivity index (χ4n) is 1.59. The first kappa shape index (κ1) is 12.4. The zero-order chi connectivity index (χ0) is 13.1. The third-order valence-corrected chi connectivity index (χ3v) is 2.63. The molecule has 4 nitrogen and oxygen atoms in total. The molecule has 0 aliphatic carbocycles. The van der Waals surface area contributed by atoms with E-state index in [4.69, 9.17) is 22.7 Å². The highest BCUT2D eigenvalue weighted by atomic mass is 32.1. The molecule has 0 saturated heterocycles. The lowest BCUT2D eigenvalue weighted by atomic mass is 10.1. The summed E-state index contributed by atoms with van der Waals surface area (Å²) in [6.07, 6.45) is 3.07. The summed E-state index contributed by atoms with van der Waals surface area (Å²) in [6.45, 7) is 4.00. The summed E-state index contributed by atoms with van der Waals surface area (Å²) in [6, 6.07) is 5.90. The van der Waals surface area contributed by atoms with Crippen LogP contribution in [-0.4, -0.2) is 15.0 Å². The SMILES string of the molecule is Cc1ccc(Oc2nccnc2C(N)=S)c(C)c1. The van der Waals surface area contributed by atoms with Crippen LogP contribution in [0.15, 0.2) is 30.6 Å². The maximum atomic E-state index is 5.72. The van der Waals surface area contributed by atoms with Crippen LogP contribution in [0.5, 0.6) is 11.6 Å². The van der Waals surface area contributed by atoms with Crippen molar-refractivity contribution >= 4 is 17.2 Å². The summed E-state index contributed by atoms with van der Waals surface area (Å²) in [7, 11) is 0. The van der Waals surface area contributed by atoms with Gasteiger partial charge >= 0.3 is 0 Å². The predicted octanol–water partition coefficient (Wildman–Crippen LogP) is 2.52. The lowest BCUT2D eigenvalue weighted by Crippen LogP contribution is -2.13. The van der Waals surface area contributed by atoms with Gasteiger partial charge in [-0.1, -0.05) is 29.9 Å². The van der Waals surface area contributed by atoms with Crippen LogP contribution in [0.1, 0.15) is 16.8 Å². The molecule has 0 atom stereocenters. The minimum atomic E-state index is 0.169. The fraction of sp³-hybridized carbons (Fsp3) is 0.154. The van der Waals surface area contributed by atoms with Crippen molar-refractivity contribution in [2.45, 2.75) is 13.8 Å². The lowest BCUT2D eigenvalue weighted by molar-refractivity contribution is 0.455. The maximum absolute atomic E-state index is 5.72. The van der Waals surface area contributed by atoms with E-state index in [1.54, 1.807) is 6.20 Å². The van der Waals surface area contributed by atoms with Gasteiger partial charge in [0.15, 0.2) is 5.69 Å². The largest absolute Gasteiger partial charge is 0.437 e. The Morgan fingerprint density at radius 3 is 2.61 bits per heavy atom. The second-order valence-corrected chi connectivity index (χ2v) is 4.39. The molecular formula is C13H13N3OS. The molecule has 0 aliphatic heterocycles. The number of hydrogen-bond donors (Lipinski definition) is 1. The zero-order valence-electron chi connectivity index (χ0n) is 10.2. The number of thiocarbonyl (C=S) groups is 1. The van der Waals surface area contributed by atoms with Gasteiger partial charge in [-0.3, -0.25) is 0 Å². The molecule has 0 bridgehead atoms. The minimum absolute atomic E-state index is 0.169. The summed E-state index contributed by atoms with van der Waals surface area (Å²) >= 11 is 4.91. The van der Waals surface area contributed by atoms with Crippen molar-refractivity contribution in [3.05, 3.63) is 47.4 Å². The highest BCUT2D eigenvalue weighted by Gasteiger charge is 2.11. The predicted molar refractivity (Wildman–Crippen MR) is 73.9 cm³/mol. The number of aryl methyl sites for hydroxylation is 2. The number of aromatic nitrogens is 2. The zero-order valence-corrected chi connectivity index (χ0v) is 11.0. The van der Waals surface area contributed by atoms with Crippen molar-refractivity contribution < 1.29 is 4.74 Å². The molecule has 2 aromatic rings. The van der Waals surface area contributed by atoms with Crippen LogP contribution in [0.25, 0.3) is 0 Å². The number of nitrogens with zero attached hydrogens (tertiary/aromatic N) is 2. The Kier molecular flexibility index (Phi) is 3.53. The highest BCUT2D eigenvalue weighted by Crippen LogP contribution is 2.25. The van der Waals surface area contributed by atoms with Gasteiger partial charge in [0, 0.05) is 12.4 Å². The van der Waals surface area contributed by atoms with E-state index in [1.807, 2.05) is 32.0 Å². The molecule has 1 aromatic carbocycles. The fourth-order valence-corrected chi connectivity index (χ4v) is 1.73. The summed E-state index contributed by atoms with van der Waals surface area (Å²) in [5.41, 5.74) is 8.17. The van der Waals surface area contributed by atoms with E-state index in [9.17, 15) is 0 Å². The Bertz CT molecular complexity index is 599. The van der Waals surface area contributed by atoms with Crippen molar-refractivity contribution in [2.75, 3.05) is 0 Å². The average Bonchev–Trinajstić information content (AvgIpc) is 2.33. The van der Waals surface area contributed by atoms with Crippen LogP contribution in [0, 0.1) is 13.8 Å². The van der Waals surface area contributed by atoms with Gasteiger partial charge in [0.25, 0.3) is 0 Å². The van der Waals surface area contributed by atoms with E-state index in [1.165, 1.54) is 11.8 Å². The Morgan fingerprint density at radius 1 is 1.22 bits per heavy atom. The molecule has 18 heavy (non-hydrogen) atoms. The minimum Gasteiger partial charge on any atom is -0.437 e. The summed E-state index contributed by atoms with van der Waals surface area (Å²) in [5, 5.41) is 0. The quantitative estimate of drug-likeness (QED) is 0.858. The van der Waals surface area contributed by atoms with E-state index in [0.717, 1.165) is 11.3 Å². The molecular weight excluding hydrogens is 246 g/mol. The lowest BCUT2D eigenvalue weighted by Gasteiger charge is -2.10. The van der Waals surface area contributed by atoms with E-state index in [2.05, 4.69) is 9.97 Å². The van der Waals surface area contributed by atoms with Gasteiger partial charge < -0.3 is 10.5 Å². The van der Waals surface area contributed by atoms with E-state index in [0.29, 0.717) is 11.6 Å². The molecule has 0 saturated carbocycles. The molecule has 2 N–H and O–H groups in total. The number of nitrogens with two attached hydrogens (primary N) is 1. The molecule has 0 aliphatic rings. The van der Waals surface area contributed by atoms with Crippen molar-refractivity contribution in [1.82, 2.24) is 9.97 Å². The molecule has 0 fully saturated rings. The van der Waals surface area contributed by atoms with Crippen LogP contribution in [-0.2, 0) is 0 Å². The van der Waals surface area contributed by atoms with Crippen LogP contribution < -0.4 is 10.5 Å². The van der Waals surface area contributed by atoms with Crippen LogP contribution in [0.2, 0.25) is 0 Å². The topological polar surface area (TPSA) is 61.0 Å². The standard InChI is InChI=1S/C13H13N3OS/c1-8-3-4-10(9(2)7-8)17-13-11(12(14)18)15-5-6-16-13/h3-7H,1-2H3,(H2,14,18). The average molecular weight is 259 g/mol. The van der Waals surface area contributed by atoms with Gasteiger partial charge in [-0.25, -0.2) is 9.97 Å². The summed E-state index contributed by atoms with van der Waals surface area (Å²) in [4.78, 5) is 8.34. The molecule has 0 unspecified atom stereocenters. The smallest absolute Gasteiger partial charge is 0.248 e. The first-order chi connectivity index (χ1) is 8.58. The Hall–Kier alpha value is -2.01. The Balaban J connectivity index is 2.37. The number of benzene rings is 1. The van der Waals surface area contributed by atoms with Crippen molar-refractivity contribution in [3.8, 4) is 11.6 Å².